The summed E-state index contributed by atoms with van der Waals surface area (Å²) < 4.78 is 0. The fraction of sp³-hybridized carbons (Fsp3) is 0.417. The Hall–Kier alpha value is -1.71. The van der Waals surface area contributed by atoms with Gasteiger partial charge in [0.1, 0.15) is 0 Å². The van der Waals surface area contributed by atoms with Crippen molar-refractivity contribution in [2.24, 2.45) is 0 Å². The molecule has 1 aromatic rings. The van der Waals surface area contributed by atoms with E-state index in [2.05, 4.69) is 0 Å². The molecule has 1 fully saturated rings. The van der Waals surface area contributed by atoms with Gasteiger partial charge in [0.05, 0.1) is 0 Å². The molecule has 0 unspecified atom stereocenters. The second kappa shape index (κ2) is 4.04. The van der Waals surface area contributed by atoms with Crippen molar-refractivity contribution in [3.8, 4) is 11.5 Å². The quantitative estimate of drug-likeness (QED) is 0.747. The van der Waals surface area contributed by atoms with Crippen molar-refractivity contribution >= 4 is 5.91 Å². The van der Waals surface area contributed by atoms with E-state index in [0.717, 1.165) is 12.8 Å². The number of hydrogen-bond acceptors (Lipinski definition) is 3. The third-order valence-corrected chi connectivity index (χ3v) is 3.17. The summed E-state index contributed by atoms with van der Waals surface area (Å²) >= 11 is 0. The van der Waals surface area contributed by atoms with Gasteiger partial charge in [0.2, 0.25) is 0 Å². The minimum atomic E-state index is -0.257. The summed E-state index contributed by atoms with van der Waals surface area (Å²) in [5, 5.41) is 18.5. The number of carbonyl (C=O) groups excluding carboxylic acids is 1. The summed E-state index contributed by atoms with van der Waals surface area (Å²) in [4.78, 5) is 13.7. The second-order valence-corrected chi connectivity index (χ2v) is 4.20. The lowest BCUT2D eigenvalue weighted by Gasteiger charge is -2.34. The molecule has 0 atom stereocenters. The number of amides is 1. The number of rotatable bonds is 2. The lowest BCUT2D eigenvalue weighted by molar-refractivity contribution is 0.0651. The minimum Gasteiger partial charge on any atom is -0.504 e. The van der Waals surface area contributed by atoms with Crippen LogP contribution in [0, 0.1) is 0 Å². The zero-order valence-corrected chi connectivity index (χ0v) is 9.18. The smallest absolute Gasteiger partial charge is 0.253 e. The molecule has 0 aromatic heterocycles. The van der Waals surface area contributed by atoms with E-state index in [-0.39, 0.29) is 17.4 Å². The molecule has 16 heavy (non-hydrogen) atoms. The molecular weight excluding hydrogens is 206 g/mol. The molecule has 0 radical (unpaired) electrons. The van der Waals surface area contributed by atoms with E-state index in [9.17, 15) is 9.90 Å². The predicted molar refractivity (Wildman–Crippen MR) is 59.5 cm³/mol. The highest BCUT2D eigenvalue weighted by Gasteiger charge is 2.26. The molecule has 0 saturated heterocycles. The first-order valence-electron chi connectivity index (χ1n) is 5.38. The highest BCUT2D eigenvalue weighted by molar-refractivity contribution is 5.95. The molecular formula is C12H15NO3. The lowest BCUT2D eigenvalue weighted by Crippen LogP contribution is -2.41. The summed E-state index contributed by atoms with van der Waals surface area (Å²) in [6.45, 7) is 0. The number of benzene rings is 1. The SMILES string of the molecule is CN(C(=O)c1ccc(O)c(O)c1)C1CCC1. The molecule has 0 spiro atoms. The molecule has 2 rings (SSSR count). The first-order valence-corrected chi connectivity index (χ1v) is 5.38. The van der Waals surface area contributed by atoms with Crippen LogP contribution in [0.1, 0.15) is 29.6 Å². The van der Waals surface area contributed by atoms with Crippen molar-refractivity contribution < 1.29 is 15.0 Å². The molecule has 1 amide bonds. The normalized spacial score (nSPS) is 15.6. The molecule has 2 N–H and O–H groups in total. The molecule has 1 aromatic carbocycles. The predicted octanol–water partition coefficient (Wildman–Crippen LogP) is 1.72. The van der Waals surface area contributed by atoms with Gasteiger partial charge in [-0.2, -0.15) is 0 Å². The standard InChI is InChI=1S/C12H15NO3/c1-13(9-3-2-4-9)12(16)8-5-6-10(14)11(15)7-8/h5-7,9,14-15H,2-4H2,1H3. The van der Waals surface area contributed by atoms with Crippen LogP contribution in [0.3, 0.4) is 0 Å². The van der Waals surface area contributed by atoms with Crippen molar-refractivity contribution in [1.82, 2.24) is 4.90 Å². The molecule has 0 aliphatic heterocycles. The molecule has 0 bridgehead atoms. The topological polar surface area (TPSA) is 60.8 Å². The van der Waals surface area contributed by atoms with Gasteiger partial charge in [-0.3, -0.25) is 4.79 Å². The average molecular weight is 221 g/mol. The van der Waals surface area contributed by atoms with Gasteiger partial charge < -0.3 is 15.1 Å². The number of phenolic OH excluding ortho intramolecular Hbond substituents is 2. The van der Waals surface area contributed by atoms with Crippen LogP contribution in [0.2, 0.25) is 0 Å². The number of phenols is 2. The Balaban J connectivity index is 2.16. The number of nitrogens with zero attached hydrogens (tertiary/aromatic N) is 1. The Morgan fingerprint density at radius 3 is 2.50 bits per heavy atom. The maximum atomic E-state index is 12.0. The zero-order chi connectivity index (χ0) is 11.7. The average Bonchev–Trinajstić information content (AvgIpc) is 2.18. The molecule has 1 aliphatic rings. The zero-order valence-electron chi connectivity index (χ0n) is 9.18. The van der Waals surface area contributed by atoms with E-state index < -0.39 is 0 Å². The highest BCUT2D eigenvalue weighted by atomic mass is 16.3. The van der Waals surface area contributed by atoms with E-state index in [0.29, 0.717) is 11.6 Å². The molecule has 4 nitrogen and oxygen atoms in total. The Morgan fingerprint density at radius 1 is 1.31 bits per heavy atom. The Morgan fingerprint density at radius 2 is 2.00 bits per heavy atom. The highest BCUT2D eigenvalue weighted by Crippen LogP contribution is 2.28. The van der Waals surface area contributed by atoms with Crippen molar-refractivity contribution in [1.29, 1.82) is 0 Å². The molecule has 1 saturated carbocycles. The Bertz CT molecular complexity index is 413. The Kier molecular flexibility index (Phi) is 2.73. The van der Waals surface area contributed by atoms with Crippen LogP contribution in [0.4, 0.5) is 0 Å². The molecule has 4 heteroatoms. The second-order valence-electron chi connectivity index (χ2n) is 4.20. The van der Waals surface area contributed by atoms with E-state index in [1.165, 1.54) is 24.6 Å². The van der Waals surface area contributed by atoms with Gasteiger partial charge in [-0.25, -0.2) is 0 Å². The first kappa shape index (κ1) is 10.8. The van der Waals surface area contributed by atoms with Crippen molar-refractivity contribution in [2.75, 3.05) is 7.05 Å². The number of hydrogen-bond donors (Lipinski definition) is 2. The summed E-state index contributed by atoms with van der Waals surface area (Å²) in [6, 6.07) is 4.47. The lowest BCUT2D eigenvalue weighted by atomic mass is 9.91. The number of carbonyl (C=O) groups is 1. The van der Waals surface area contributed by atoms with Crippen LogP contribution in [0.25, 0.3) is 0 Å². The molecule has 86 valence electrons. The third kappa shape index (κ3) is 1.83. The molecule has 1 aliphatic carbocycles. The monoisotopic (exact) mass is 221 g/mol. The van der Waals surface area contributed by atoms with Gasteiger partial charge in [0.15, 0.2) is 11.5 Å². The van der Waals surface area contributed by atoms with Gasteiger partial charge in [0.25, 0.3) is 5.91 Å². The fourth-order valence-electron chi connectivity index (χ4n) is 1.80. The summed E-state index contributed by atoms with van der Waals surface area (Å²) in [5.41, 5.74) is 0.407. The summed E-state index contributed by atoms with van der Waals surface area (Å²) in [6.07, 6.45) is 3.27. The summed E-state index contributed by atoms with van der Waals surface area (Å²) in [7, 11) is 1.77. The Labute approximate surface area is 94.1 Å². The van der Waals surface area contributed by atoms with Crippen molar-refractivity contribution in [3.05, 3.63) is 23.8 Å². The van der Waals surface area contributed by atoms with Crippen LogP contribution >= 0.6 is 0 Å². The van der Waals surface area contributed by atoms with Crippen LogP contribution in [-0.2, 0) is 0 Å². The maximum Gasteiger partial charge on any atom is 0.253 e. The first-order chi connectivity index (χ1) is 7.59. The van der Waals surface area contributed by atoms with E-state index in [4.69, 9.17) is 5.11 Å². The van der Waals surface area contributed by atoms with Gasteiger partial charge in [-0.15, -0.1) is 0 Å². The van der Waals surface area contributed by atoms with E-state index in [1.54, 1.807) is 11.9 Å². The van der Waals surface area contributed by atoms with E-state index in [1.807, 2.05) is 0 Å². The van der Waals surface area contributed by atoms with Crippen LogP contribution in [-0.4, -0.2) is 34.1 Å². The van der Waals surface area contributed by atoms with Crippen LogP contribution in [0.5, 0.6) is 11.5 Å². The summed E-state index contributed by atoms with van der Waals surface area (Å²) in [5.74, 6) is -0.573. The third-order valence-electron chi connectivity index (χ3n) is 3.17. The van der Waals surface area contributed by atoms with Gasteiger partial charge in [-0.1, -0.05) is 0 Å². The van der Waals surface area contributed by atoms with Gasteiger partial charge in [-0.05, 0) is 37.5 Å². The van der Waals surface area contributed by atoms with Gasteiger partial charge >= 0.3 is 0 Å². The largest absolute Gasteiger partial charge is 0.504 e. The maximum absolute atomic E-state index is 12.0. The van der Waals surface area contributed by atoms with Crippen LogP contribution in [0.15, 0.2) is 18.2 Å². The van der Waals surface area contributed by atoms with Crippen LogP contribution < -0.4 is 0 Å². The van der Waals surface area contributed by atoms with Gasteiger partial charge in [0, 0.05) is 18.7 Å². The van der Waals surface area contributed by atoms with Crippen molar-refractivity contribution in [3.63, 3.8) is 0 Å². The van der Waals surface area contributed by atoms with E-state index >= 15 is 0 Å². The fourth-order valence-corrected chi connectivity index (χ4v) is 1.80. The number of aromatic hydroxyl groups is 2. The molecule has 0 heterocycles. The minimum absolute atomic E-state index is 0.111. The van der Waals surface area contributed by atoms with Crippen molar-refractivity contribution in [2.45, 2.75) is 25.3 Å².